The van der Waals surface area contributed by atoms with Crippen LogP contribution < -0.4 is 5.32 Å². The lowest BCUT2D eigenvalue weighted by molar-refractivity contribution is 0.253. The molecule has 3 nitrogen and oxygen atoms in total. The molecule has 1 atom stereocenters. The van der Waals surface area contributed by atoms with E-state index in [1.807, 2.05) is 7.05 Å². The van der Waals surface area contributed by atoms with Crippen molar-refractivity contribution in [3.63, 3.8) is 0 Å². The molecule has 0 bridgehead atoms. The summed E-state index contributed by atoms with van der Waals surface area (Å²) in [7, 11) is 4.01. The van der Waals surface area contributed by atoms with Crippen molar-refractivity contribution in [1.29, 1.82) is 0 Å². The van der Waals surface area contributed by atoms with Crippen molar-refractivity contribution in [2.45, 2.75) is 19.4 Å². The molecular formula is C12H20FN3. The van der Waals surface area contributed by atoms with E-state index in [1.165, 1.54) is 12.3 Å². The van der Waals surface area contributed by atoms with Crippen molar-refractivity contribution in [2.24, 2.45) is 0 Å². The van der Waals surface area contributed by atoms with Crippen LogP contribution in [0.4, 0.5) is 4.39 Å². The van der Waals surface area contributed by atoms with Crippen LogP contribution in [0.3, 0.4) is 0 Å². The SMILES string of the molecule is CNCCCN(C)C(C)c1ccc(F)cn1. The summed E-state index contributed by atoms with van der Waals surface area (Å²) in [5.74, 6) is -0.284. The second-order valence-electron chi connectivity index (χ2n) is 4.01. The Bertz CT molecular complexity index is 300. The van der Waals surface area contributed by atoms with E-state index in [0.29, 0.717) is 0 Å². The van der Waals surface area contributed by atoms with Gasteiger partial charge in [-0.05, 0) is 52.7 Å². The van der Waals surface area contributed by atoms with Crippen LogP contribution in [-0.2, 0) is 0 Å². The fourth-order valence-corrected chi connectivity index (χ4v) is 1.56. The third-order valence-corrected chi connectivity index (χ3v) is 2.78. The van der Waals surface area contributed by atoms with Crippen molar-refractivity contribution in [3.05, 3.63) is 29.8 Å². The van der Waals surface area contributed by atoms with E-state index in [9.17, 15) is 4.39 Å². The molecule has 1 aromatic heterocycles. The van der Waals surface area contributed by atoms with Crippen LogP contribution in [0.2, 0.25) is 0 Å². The van der Waals surface area contributed by atoms with Gasteiger partial charge in [0.1, 0.15) is 5.82 Å². The van der Waals surface area contributed by atoms with Crippen LogP contribution in [0.1, 0.15) is 25.1 Å². The van der Waals surface area contributed by atoms with E-state index in [2.05, 4.69) is 29.2 Å². The molecule has 0 spiro atoms. The second kappa shape index (κ2) is 6.55. The minimum absolute atomic E-state index is 0.220. The van der Waals surface area contributed by atoms with Crippen molar-refractivity contribution in [3.8, 4) is 0 Å². The summed E-state index contributed by atoms with van der Waals surface area (Å²) in [6.07, 6.45) is 2.37. The minimum Gasteiger partial charge on any atom is -0.320 e. The summed E-state index contributed by atoms with van der Waals surface area (Å²) < 4.78 is 12.7. The number of nitrogens with one attached hydrogen (secondary N) is 1. The minimum atomic E-state index is -0.284. The summed E-state index contributed by atoms with van der Waals surface area (Å²) in [6.45, 7) is 4.09. The van der Waals surface area contributed by atoms with Gasteiger partial charge in [0, 0.05) is 6.04 Å². The van der Waals surface area contributed by atoms with Gasteiger partial charge in [-0.3, -0.25) is 9.88 Å². The zero-order valence-electron chi connectivity index (χ0n) is 10.2. The molecule has 0 radical (unpaired) electrons. The van der Waals surface area contributed by atoms with Gasteiger partial charge in [-0.1, -0.05) is 0 Å². The fourth-order valence-electron chi connectivity index (χ4n) is 1.56. The van der Waals surface area contributed by atoms with Crippen LogP contribution in [0, 0.1) is 5.82 Å². The van der Waals surface area contributed by atoms with Crippen molar-refractivity contribution in [2.75, 3.05) is 27.2 Å². The molecule has 0 aliphatic carbocycles. The van der Waals surface area contributed by atoms with Gasteiger partial charge in [-0.2, -0.15) is 0 Å². The third-order valence-electron chi connectivity index (χ3n) is 2.78. The molecule has 1 aromatic rings. The predicted octanol–water partition coefficient (Wildman–Crippen LogP) is 1.82. The smallest absolute Gasteiger partial charge is 0.141 e. The first-order chi connectivity index (χ1) is 7.65. The average Bonchev–Trinajstić information content (AvgIpc) is 2.29. The maximum atomic E-state index is 12.7. The molecule has 1 heterocycles. The summed E-state index contributed by atoms with van der Waals surface area (Å²) >= 11 is 0. The van der Waals surface area contributed by atoms with Crippen LogP contribution in [-0.4, -0.2) is 37.1 Å². The van der Waals surface area contributed by atoms with E-state index in [0.717, 1.165) is 25.2 Å². The first kappa shape index (κ1) is 13.1. The van der Waals surface area contributed by atoms with E-state index in [4.69, 9.17) is 0 Å². The molecule has 1 N–H and O–H groups in total. The lowest BCUT2D eigenvalue weighted by atomic mass is 10.2. The number of nitrogens with zero attached hydrogens (tertiary/aromatic N) is 2. The van der Waals surface area contributed by atoms with Crippen LogP contribution in [0.5, 0.6) is 0 Å². The van der Waals surface area contributed by atoms with Gasteiger partial charge in [-0.25, -0.2) is 4.39 Å². The number of aromatic nitrogens is 1. The maximum absolute atomic E-state index is 12.7. The number of hydrogen-bond acceptors (Lipinski definition) is 3. The zero-order valence-corrected chi connectivity index (χ0v) is 10.2. The Morgan fingerprint density at radius 2 is 2.25 bits per heavy atom. The Morgan fingerprint density at radius 1 is 1.50 bits per heavy atom. The van der Waals surface area contributed by atoms with Crippen molar-refractivity contribution < 1.29 is 4.39 Å². The van der Waals surface area contributed by atoms with Gasteiger partial charge < -0.3 is 5.32 Å². The largest absolute Gasteiger partial charge is 0.320 e. The number of halogens is 1. The summed E-state index contributed by atoms with van der Waals surface area (Å²) in [5.41, 5.74) is 0.911. The van der Waals surface area contributed by atoms with Gasteiger partial charge in [0.2, 0.25) is 0 Å². The highest BCUT2D eigenvalue weighted by molar-refractivity contribution is 5.09. The molecule has 4 heteroatoms. The average molecular weight is 225 g/mol. The molecule has 1 unspecified atom stereocenters. The third kappa shape index (κ3) is 3.87. The molecule has 0 saturated heterocycles. The first-order valence-electron chi connectivity index (χ1n) is 5.61. The molecule has 16 heavy (non-hydrogen) atoms. The summed E-state index contributed by atoms with van der Waals surface area (Å²) in [6, 6.07) is 3.42. The molecule has 0 aromatic carbocycles. The van der Waals surface area contributed by atoms with Crippen molar-refractivity contribution >= 4 is 0 Å². The van der Waals surface area contributed by atoms with Crippen LogP contribution >= 0.6 is 0 Å². The monoisotopic (exact) mass is 225 g/mol. The van der Waals surface area contributed by atoms with E-state index in [1.54, 1.807) is 6.07 Å². The fraction of sp³-hybridized carbons (Fsp3) is 0.583. The molecular weight excluding hydrogens is 205 g/mol. The highest BCUT2D eigenvalue weighted by Crippen LogP contribution is 2.16. The maximum Gasteiger partial charge on any atom is 0.141 e. The van der Waals surface area contributed by atoms with E-state index < -0.39 is 0 Å². The number of hydrogen-bond donors (Lipinski definition) is 1. The van der Waals surface area contributed by atoms with Gasteiger partial charge in [0.05, 0.1) is 11.9 Å². The van der Waals surface area contributed by atoms with Crippen LogP contribution in [0.25, 0.3) is 0 Å². The van der Waals surface area contributed by atoms with Gasteiger partial charge in [0.15, 0.2) is 0 Å². The predicted molar refractivity (Wildman–Crippen MR) is 63.8 cm³/mol. The topological polar surface area (TPSA) is 28.2 Å². The van der Waals surface area contributed by atoms with Gasteiger partial charge in [0.25, 0.3) is 0 Å². The summed E-state index contributed by atoms with van der Waals surface area (Å²) in [5, 5.41) is 3.12. The standard InChI is InChI=1S/C12H20FN3/c1-10(16(3)8-4-7-14-2)12-6-5-11(13)9-15-12/h5-6,9-10,14H,4,7-8H2,1-3H3. The molecule has 0 saturated carbocycles. The molecule has 0 aliphatic rings. The lowest BCUT2D eigenvalue weighted by Crippen LogP contribution is -2.26. The van der Waals surface area contributed by atoms with Crippen molar-refractivity contribution in [1.82, 2.24) is 15.2 Å². The summed E-state index contributed by atoms with van der Waals surface area (Å²) in [4.78, 5) is 6.32. The molecule has 0 fully saturated rings. The van der Waals surface area contributed by atoms with E-state index >= 15 is 0 Å². The van der Waals surface area contributed by atoms with Gasteiger partial charge in [-0.15, -0.1) is 0 Å². The van der Waals surface area contributed by atoms with Gasteiger partial charge >= 0.3 is 0 Å². The molecule has 0 aliphatic heterocycles. The normalized spacial score (nSPS) is 13.1. The lowest BCUT2D eigenvalue weighted by Gasteiger charge is -2.24. The molecule has 1 rings (SSSR count). The second-order valence-corrected chi connectivity index (χ2v) is 4.01. The Hall–Kier alpha value is -1.00. The Labute approximate surface area is 96.7 Å². The Kier molecular flexibility index (Phi) is 5.35. The quantitative estimate of drug-likeness (QED) is 0.749. The number of pyridine rings is 1. The highest BCUT2D eigenvalue weighted by Gasteiger charge is 2.12. The zero-order chi connectivity index (χ0) is 12.0. The molecule has 0 amide bonds. The van der Waals surface area contributed by atoms with Crippen LogP contribution in [0.15, 0.2) is 18.3 Å². The molecule has 90 valence electrons. The Balaban J connectivity index is 2.49. The highest BCUT2D eigenvalue weighted by atomic mass is 19.1. The first-order valence-corrected chi connectivity index (χ1v) is 5.61. The number of rotatable bonds is 6. The Morgan fingerprint density at radius 3 is 2.81 bits per heavy atom. The van der Waals surface area contributed by atoms with E-state index in [-0.39, 0.29) is 11.9 Å².